The summed E-state index contributed by atoms with van der Waals surface area (Å²) in [6, 6.07) is 19.0. The number of carbonyl (C=O) groups excluding carboxylic acids is 1. The summed E-state index contributed by atoms with van der Waals surface area (Å²) < 4.78 is 7.37. The Labute approximate surface area is 171 Å². The highest BCUT2D eigenvalue weighted by Crippen LogP contribution is 2.22. The molecule has 0 fully saturated rings. The molecule has 0 spiro atoms. The fourth-order valence-corrected chi connectivity index (χ4v) is 3.02. The van der Waals surface area contributed by atoms with E-state index in [1.807, 2.05) is 12.1 Å². The molecule has 0 aliphatic heterocycles. The number of rotatable bonds is 5. The molecule has 4 aromatic rings. The van der Waals surface area contributed by atoms with E-state index < -0.39 is 0 Å². The summed E-state index contributed by atoms with van der Waals surface area (Å²) in [6.45, 7) is 0.0732. The summed E-state index contributed by atoms with van der Waals surface area (Å²) in [5.41, 5.74) is 1.18. The van der Waals surface area contributed by atoms with E-state index in [1.165, 1.54) is 12.3 Å². The fraction of sp³-hybridized carbons (Fsp3) is 0.0455. The molecule has 2 aromatic carbocycles. The number of nitrogens with zero attached hydrogens (tertiary/aromatic N) is 2. The van der Waals surface area contributed by atoms with Crippen LogP contribution in [0.4, 0.5) is 5.69 Å². The average molecular weight is 406 g/mol. The molecule has 0 saturated heterocycles. The molecule has 0 unspecified atom stereocenters. The molecule has 0 aliphatic carbocycles. The molecule has 0 saturated carbocycles. The summed E-state index contributed by atoms with van der Waals surface area (Å²) >= 11 is 5.85. The van der Waals surface area contributed by atoms with Crippen molar-refractivity contribution in [3.05, 3.63) is 94.4 Å². The third-order valence-corrected chi connectivity index (χ3v) is 4.51. The second kappa shape index (κ2) is 8.16. The Hall–Kier alpha value is -3.64. The summed E-state index contributed by atoms with van der Waals surface area (Å²) in [5, 5.41) is 4.00. The zero-order valence-electron chi connectivity index (χ0n) is 15.2. The van der Waals surface area contributed by atoms with Gasteiger partial charge in [0.2, 0.25) is 11.8 Å². The lowest BCUT2D eigenvalue weighted by atomic mass is 10.2. The SMILES string of the molecule is O=C(Cn1ccc(=O)c2ccccc21)Nc1ccc(Oc2ccc(Cl)cc2)nc1. The Kier molecular flexibility index (Phi) is 5.27. The van der Waals surface area contributed by atoms with Crippen LogP contribution < -0.4 is 15.5 Å². The number of hydrogen-bond acceptors (Lipinski definition) is 4. The van der Waals surface area contributed by atoms with E-state index in [2.05, 4.69) is 10.3 Å². The van der Waals surface area contributed by atoms with Gasteiger partial charge in [0, 0.05) is 28.7 Å². The molecular weight excluding hydrogens is 390 g/mol. The number of anilines is 1. The van der Waals surface area contributed by atoms with Crippen molar-refractivity contribution in [3.8, 4) is 11.6 Å². The van der Waals surface area contributed by atoms with Crippen molar-refractivity contribution in [3.63, 3.8) is 0 Å². The second-order valence-electron chi connectivity index (χ2n) is 6.31. The molecule has 4 rings (SSSR count). The lowest BCUT2D eigenvalue weighted by Gasteiger charge is -2.11. The van der Waals surface area contributed by atoms with Crippen molar-refractivity contribution in [1.82, 2.24) is 9.55 Å². The zero-order valence-corrected chi connectivity index (χ0v) is 16.0. The Morgan fingerprint density at radius 1 is 1.03 bits per heavy atom. The number of nitrogens with one attached hydrogen (secondary N) is 1. The minimum Gasteiger partial charge on any atom is -0.439 e. The number of para-hydroxylation sites is 1. The van der Waals surface area contributed by atoms with Crippen LogP contribution in [0.3, 0.4) is 0 Å². The van der Waals surface area contributed by atoms with Crippen LogP contribution >= 0.6 is 11.6 Å². The Bertz CT molecular complexity index is 1220. The number of amides is 1. The normalized spacial score (nSPS) is 10.7. The molecule has 1 N–H and O–H groups in total. The Balaban J connectivity index is 1.43. The molecular formula is C22H16ClN3O3. The molecule has 0 aliphatic rings. The molecule has 6 nitrogen and oxygen atoms in total. The lowest BCUT2D eigenvalue weighted by molar-refractivity contribution is -0.116. The maximum absolute atomic E-state index is 12.4. The minimum atomic E-state index is -0.230. The van der Waals surface area contributed by atoms with Crippen molar-refractivity contribution in [2.24, 2.45) is 0 Å². The van der Waals surface area contributed by atoms with Gasteiger partial charge in [-0.2, -0.15) is 0 Å². The number of fused-ring (bicyclic) bond motifs is 1. The zero-order chi connectivity index (χ0) is 20.2. The first-order valence-corrected chi connectivity index (χ1v) is 9.24. The molecule has 0 bridgehead atoms. The van der Waals surface area contributed by atoms with Crippen LogP contribution in [0.5, 0.6) is 11.6 Å². The van der Waals surface area contributed by atoms with Crippen LogP contribution in [0, 0.1) is 0 Å². The largest absolute Gasteiger partial charge is 0.439 e. The molecule has 7 heteroatoms. The fourth-order valence-electron chi connectivity index (χ4n) is 2.89. The smallest absolute Gasteiger partial charge is 0.244 e. The van der Waals surface area contributed by atoms with Gasteiger partial charge in [-0.1, -0.05) is 23.7 Å². The molecule has 2 heterocycles. The van der Waals surface area contributed by atoms with E-state index in [4.69, 9.17) is 16.3 Å². The summed E-state index contributed by atoms with van der Waals surface area (Å²) in [5.74, 6) is 0.785. The number of pyridine rings is 2. The number of aromatic nitrogens is 2. The van der Waals surface area contributed by atoms with E-state index >= 15 is 0 Å². The first-order valence-electron chi connectivity index (χ1n) is 8.86. The molecule has 2 aromatic heterocycles. The maximum atomic E-state index is 12.4. The monoisotopic (exact) mass is 405 g/mol. The van der Waals surface area contributed by atoms with Gasteiger partial charge in [0.15, 0.2) is 5.43 Å². The average Bonchev–Trinajstić information content (AvgIpc) is 2.73. The van der Waals surface area contributed by atoms with Gasteiger partial charge in [0.05, 0.1) is 17.4 Å². The van der Waals surface area contributed by atoms with Crippen LogP contribution in [-0.4, -0.2) is 15.5 Å². The van der Waals surface area contributed by atoms with Gasteiger partial charge in [-0.15, -0.1) is 0 Å². The van der Waals surface area contributed by atoms with E-state index in [-0.39, 0.29) is 17.9 Å². The highest BCUT2D eigenvalue weighted by Gasteiger charge is 2.08. The van der Waals surface area contributed by atoms with Gasteiger partial charge in [0.25, 0.3) is 0 Å². The quantitative estimate of drug-likeness (QED) is 0.531. The number of hydrogen-bond donors (Lipinski definition) is 1. The number of ether oxygens (including phenoxy) is 1. The van der Waals surface area contributed by atoms with Gasteiger partial charge in [-0.05, 0) is 42.5 Å². The standard InChI is InChI=1S/C22H16ClN3O3/c23-15-5-8-17(9-6-15)29-22-10-7-16(13-24-22)25-21(28)14-26-12-11-20(27)18-3-1-2-4-19(18)26/h1-13H,14H2,(H,25,28). The Morgan fingerprint density at radius 2 is 1.83 bits per heavy atom. The first kappa shape index (κ1) is 18.7. The third kappa shape index (κ3) is 4.44. The molecule has 29 heavy (non-hydrogen) atoms. The van der Waals surface area contributed by atoms with Gasteiger partial charge in [0.1, 0.15) is 12.3 Å². The number of halogens is 1. The highest BCUT2D eigenvalue weighted by atomic mass is 35.5. The van der Waals surface area contributed by atoms with E-state index in [0.717, 1.165) is 0 Å². The maximum Gasteiger partial charge on any atom is 0.244 e. The Morgan fingerprint density at radius 3 is 2.59 bits per heavy atom. The third-order valence-electron chi connectivity index (χ3n) is 4.25. The summed E-state index contributed by atoms with van der Waals surface area (Å²) in [6.07, 6.45) is 3.14. The van der Waals surface area contributed by atoms with Crippen LogP contribution in [0.15, 0.2) is 83.9 Å². The topological polar surface area (TPSA) is 73.2 Å². The van der Waals surface area contributed by atoms with Crippen molar-refractivity contribution < 1.29 is 9.53 Å². The van der Waals surface area contributed by atoms with E-state index in [0.29, 0.717) is 33.2 Å². The predicted molar refractivity (Wildman–Crippen MR) is 113 cm³/mol. The second-order valence-corrected chi connectivity index (χ2v) is 6.75. The first-order chi connectivity index (χ1) is 14.1. The van der Waals surface area contributed by atoms with Crippen LogP contribution in [-0.2, 0) is 11.3 Å². The van der Waals surface area contributed by atoms with Crippen molar-refractivity contribution in [2.75, 3.05) is 5.32 Å². The minimum absolute atomic E-state index is 0.0715. The number of carbonyl (C=O) groups is 1. The lowest BCUT2D eigenvalue weighted by Crippen LogP contribution is -2.20. The van der Waals surface area contributed by atoms with Gasteiger partial charge in [-0.3, -0.25) is 9.59 Å². The van der Waals surface area contributed by atoms with Crippen molar-refractivity contribution in [1.29, 1.82) is 0 Å². The molecule has 0 atom stereocenters. The van der Waals surface area contributed by atoms with Crippen LogP contribution in [0.25, 0.3) is 10.9 Å². The summed E-state index contributed by atoms with van der Waals surface area (Å²) in [4.78, 5) is 28.6. The number of benzene rings is 2. The van der Waals surface area contributed by atoms with Crippen LogP contribution in [0.2, 0.25) is 5.02 Å². The van der Waals surface area contributed by atoms with Gasteiger partial charge < -0.3 is 14.6 Å². The molecule has 1 amide bonds. The predicted octanol–water partition coefficient (Wildman–Crippen LogP) is 4.48. The molecule has 0 radical (unpaired) electrons. The summed E-state index contributed by atoms with van der Waals surface area (Å²) in [7, 11) is 0. The van der Waals surface area contributed by atoms with Gasteiger partial charge >= 0.3 is 0 Å². The van der Waals surface area contributed by atoms with Gasteiger partial charge in [-0.25, -0.2) is 4.98 Å². The highest BCUT2D eigenvalue weighted by molar-refractivity contribution is 6.30. The van der Waals surface area contributed by atoms with E-state index in [1.54, 1.807) is 59.3 Å². The van der Waals surface area contributed by atoms with Crippen molar-refractivity contribution in [2.45, 2.75) is 6.54 Å². The van der Waals surface area contributed by atoms with Crippen molar-refractivity contribution >= 4 is 34.1 Å². The van der Waals surface area contributed by atoms with E-state index in [9.17, 15) is 9.59 Å². The van der Waals surface area contributed by atoms with Crippen LogP contribution in [0.1, 0.15) is 0 Å². The molecule has 144 valence electrons.